The molecule has 0 saturated carbocycles. The van der Waals surface area contributed by atoms with Crippen LogP contribution in [0.15, 0.2) is 86.2 Å². The van der Waals surface area contributed by atoms with E-state index in [1.54, 1.807) is 12.4 Å². The summed E-state index contributed by atoms with van der Waals surface area (Å²) >= 11 is 0. The molecule has 8 atom stereocenters. The molecule has 10 amide bonds. The molecule has 1 aliphatic rings. The molecule has 24 heteroatoms. The molecule has 0 unspecified atom stereocenters. The highest BCUT2D eigenvalue weighted by molar-refractivity contribution is 5.99. The zero-order valence-corrected chi connectivity index (χ0v) is 52.1. The number of aromatic nitrogens is 2. The minimum absolute atomic E-state index is 0.0124. The minimum Gasteiger partial charge on any atom is -0.445 e. The summed E-state index contributed by atoms with van der Waals surface area (Å²) in [6, 6.07) is 4.11. The average Bonchev–Trinajstić information content (AvgIpc) is 2.50. The molecule has 3 heterocycles. The lowest BCUT2D eigenvalue weighted by molar-refractivity contribution is -0.137. The van der Waals surface area contributed by atoms with E-state index in [4.69, 9.17) is 9.47 Å². The number of hydrogen-bond donors (Lipinski definition) is 12. The molecule has 0 aliphatic carbocycles. The van der Waals surface area contributed by atoms with Crippen molar-refractivity contribution in [3.8, 4) is 0 Å². The topological polar surface area (TPSA) is 341 Å². The molecular weight excluding hydrogens is 1130 g/mol. The van der Waals surface area contributed by atoms with Gasteiger partial charge in [-0.25, -0.2) is 9.59 Å². The fourth-order valence-corrected chi connectivity index (χ4v) is 10.4. The molecule has 2 aromatic heterocycles. The first kappa shape index (κ1) is 70.1. The largest absolute Gasteiger partial charge is 0.445 e. The van der Waals surface area contributed by atoms with Crippen molar-refractivity contribution >= 4 is 81.2 Å². The van der Waals surface area contributed by atoms with Gasteiger partial charge in [-0.1, -0.05) is 117 Å². The molecule has 0 bridgehead atoms. The fourth-order valence-electron chi connectivity index (χ4n) is 10.4. The number of alkyl carbamates (subject to hydrolysis) is 2. The summed E-state index contributed by atoms with van der Waals surface area (Å²) in [7, 11) is 0. The summed E-state index contributed by atoms with van der Waals surface area (Å²) in [5.41, 5.74) is 2.81. The molecule has 88 heavy (non-hydrogen) atoms. The van der Waals surface area contributed by atoms with Crippen LogP contribution >= 0.6 is 0 Å². The maximum Gasteiger partial charge on any atom is 0.407 e. The van der Waals surface area contributed by atoms with Crippen molar-refractivity contribution in [3.05, 3.63) is 97.4 Å². The first-order valence-electron chi connectivity index (χ1n) is 30.5. The lowest BCUT2D eigenvalue weighted by Gasteiger charge is -2.30. The minimum atomic E-state index is -1.37. The van der Waals surface area contributed by atoms with Crippen molar-refractivity contribution in [2.24, 2.45) is 23.7 Å². The Labute approximate surface area is 515 Å². The lowest BCUT2D eigenvalue weighted by Crippen LogP contribution is -2.62. The van der Waals surface area contributed by atoms with Crippen LogP contribution in [0.3, 0.4) is 0 Å². The number of rotatable bonds is 24. The summed E-state index contributed by atoms with van der Waals surface area (Å²) < 4.78 is 10.1. The number of hydrogen-bond acceptors (Lipinski definition) is 12. The molecule has 0 radical (unpaired) electrons. The number of nitrogens with one attached hydrogen (secondary N) is 12. The maximum absolute atomic E-state index is 15.0. The van der Waals surface area contributed by atoms with Gasteiger partial charge in [-0.2, -0.15) is 0 Å². The Bertz CT molecular complexity index is 2830. The van der Waals surface area contributed by atoms with Crippen LogP contribution in [0.5, 0.6) is 0 Å². The standard InChI is InChI=1S/C64H92N12O12/c1-11-27-87-63(85)65-25-17-23-47-55(77)71-51(31-39(7)8)59(81)75-54(34-42-36-68-46-22-16-14-20-44(42)46)62(84)74-50(30-38(5)6)58(80)70-48(24-18-26-66-64(86)88-28-12-2)56(78)72-52(32-40(9)10)60(82)76-53(33-41-35-67-45-21-15-13-19-43(41)45)61(83)73-49(29-37(3)4)57(79)69-47/h11-16,19-22,35-40,47-54,67-68H,1-2,17-18,23-34H2,3-10H3,(H,65,85)(H,66,86)(H,69,79)(H,70,80)(H,71,77)(H,72,78)(H,73,83)(H,74,84)(H,75,81)(H,76,82)/t47-,48-,49+,50+,51+,52+,53-,54-/m0/s1. The molecule has 24 nitrogen and oxygen atoms in total. The van der Waals surface area contributed by atoms with Gasteiger partial charge >= 0.3 is 12.2 Å². The molecule has 1 fully saturated rings. The highest BCUT2D eigenvalue weighted by atomic mass is 16.6. The van der Waals surface area contributed by atoms with Crippen LogP contribution in [0.25, 0.3) is 21.8 Å². The summed E-state index contributed by atoms with van der Waals surface area (Å²) in [5, 5.41) is 29.6. The summed E-state index contributed by atoms with van der Waals surface area (Å²) in [5.74, 6) is -6.93. The van der Waals surface area contributed by atoms with Gasteiger partial charge in [-0.3, -0.25) is 38.4 Å². The molecule has 1 aliphatic heterocycles. The van der Waals surface area contributed by atoms with Crippen molar-refractivity contribution in [1.29, 1.82) is 0 Å². The van der Waals surface area contributed by atoms with E-state index in [2.05, 4.69) is 76.3 Å². The Kier molecular flexibility index (Phi) is 28.0. The number of amides is 10. The second-order valence-electron chi connectivity index (χ2n) is 24.0. The normalized spacial score (nSPS) is 21.5. The average molecular weight is 1220 g/mol. The third kappa shape index (κ3) is 22.5. The van der Waals surface area contributed by atoms with Crippen molar-refractivity contribution in [2.45, 2.75) is 168 Å². The molecule has 1 saturated heterocycles. The van der Waals surface area contributed by atoms with E-state index in [9.17, 15) is 47.9 Å². The van der Waals surface area contributed by atoms with Gasteiger partial charge in [-0.05, 0) is 98.3 Å². The van der Waals surface area contributed by atoms with Crippen LogP contribution < -0.4 is 53.2 Å². The SMILES string of the molecule is C=CCOC(=O)NCCC[C@@H]1NC(=O)[C@@H](CC(C)C)NC(=O)[C@H](Cc2c[nH]c3ccccc23)NC(=O)[C@@H](CC(C)C)NC(=O)[C@H](CCCNC(=O)OCC=C)NC(=O)[C@@H](CC(C)C)NC(=O)[C@H](Cc2c[nH]c3ccccc23)NC(=O)[C@@H](CC(C)C)NC1=O. The van der Waals surface area contributed by atoms with E-state index in [1.165, 1.54) is 12.2 Å². The van der Waals surface area contributed by atoms with Crippen LogP contribution in [0.4, 0.5) is 9.59 Å². The third-order valence-corrected chi connectivity index (χ3v) is 14.6. The van der Waals surface area contributed by atoms with Gasteiger partial charge in [0.1, 0.15) is 61.5 Å². The predicted molar refractivity (Wildman–Crippen MR) is 335 cm³/mol. The van der Waals surface area contributed by atoms with Crippen molar-refractivity contribution < 1.29 is 57.4 Å². The predicted octanol–water partition coefficient (Wildman–Crippen LogP) is 4.90. The first-order valence-corrected chi connectivity index (χ1v) is 30.5. The van der Waals surface area contributed by atoms with E-state index in [-0.39, 0.29) is 114 Å². The number of H-pyrrole nitrogens is 2. The highest BCUT2D eigenvalue weighted by Crippen LogP contribution is 2.22. The van der Waals surface area contributed by atoms with Gasteiger partial charge in [0.15, 0.2) is 0 Å². The number of carbonyl (C=O) groups is 10. The Morgan fingerprint density at radius 2 is 0.705 bits per heavy atom. The lowest BCUT2D eigenvalue weighted by atomic mass is 9.98. The van der Waals surface area contributed by atoms with Crippen LogP contribution in [-0.4, -0.2) is 144 Å². The van der Waals surface area contributed by atoms with Gasteiger partial charge in [-0.15, -0.1) is 0 Å². The highest BCUT2D eigenvalue weighted by Gasteiger charge is 2.37. The second-order valence-corrected chi connectivity index (χ2v) is 24.0. The smallest absolute Gasteiger partial charge is 0.407 e. The molecular formula is C64H92N12O12. The Morgan fingerprint density at radius 1 is 0.432 bits per heavy atom. The summed E-state index contributed by atoms with van der Waals surface area (Å²) in [6.07, 6.45) is 4.95. The number of aromatic amines is 2. The second kappa shape index (κ2) is 35.2. The van der Waals surface area contributed by atoms with E-state index in [1.807, 2.05) is 104 Å². The zero-order valence-electron chi connectivity index (χ0n) is 52.1. The monoisotopic (exact) mass is 1220 g/mol. The quantitative estimate of drug-likeness (QED) is 0.0330. The number of benzene rings is 2. The number of para-hydroxylation sites is 2. The molecule has 480 valence electrons. The van der Waals surface area contributed by atoms with Crippen molar-refractivity contribution in [2.75, 3.05) is 26.3 Å². The summed E-state index contributed by atoms with van der Waals surface area (Å²) in [6.45, 7) is 21.8. The molecule has 0 spiro atoms. The van der Waals surface area contributed by atoms with Gasteiger partial charge in [0.2, 0.25) is 47.3 Å². The van der Waals surface area contributed by atoms with Crippen LogP contribution in [0.2, 0.25) is 0 Å². The molecule has 5 rings (SSSR count). The summed E-state index contributed by atoms with van der Waals surface area (Å²) in [4.78, 5) is 150. The van der Waals surface area contributed by atoms with E-state index in [0.29, 0.717) is 11.1 Å². The molecule has 4 aromatic rings. The van der Waals surface area contributed by atoms with E-state index >= 15 is 0 Å². The Balaban J connectivity index is 1.64. The van der Waals surface area contributed by atoms with Gasteiger partial charge in [0, 0.05) is 60.1 Å². The number of fused-ring (bicyclic) bond motifs is 2. The Morgan fingerprint density at radius 3 is 1.01 bits per heavy atom. The van der Waals surface area contributed by atoms with Gasteiger partial charge in [0.05, 0.1) is 0 Å². The fraction of sp³-hybridized carbons (Fsp3) is 0.531. The van der Waals surface area contributed by atoms with Gasteiger partial charge in [0.25, 0.3) is 0 Å². The maximum atomic E-state index is 15.0. The van der Waals surface area contributed by atoms with Gasteiger partial charge < -0.3 is 72.6 Å². The van der Waals surface area contributed by atoms with E-state index in [0.717, 1.165) is 21.8 Å². The first-order chi connectivity index (χ1) is 42.0. The zero-order chi connectivity index (χ0) is 64.5. The van der Waals surface area contributed by atoms with Crippen LogP contribution in [0, 0.1) is 23.7 Å². The van der Waals surface area contributed by atoms with Crippen molar-refractivity contribution in [1.82, 2.24) is 63.1 Å². The number of carbonyl (C=O) groups excluding carboxylic acids is 10. The van der Waals surface area contributed by atoms with Crippen molar-refractivity contribution in [3.63, 3.8) is 0 Å². The Hall–Kier alpha value is -8.70. The molecule has 2 aromatic carbocycles. The number of ether oxygens (including phenoxy) is 2. The molecule has 12 N–H and O–H groups in total. The van der Waals surface area contributed by atoms with Crippen LogP contribution in [0.1, 0.15) is 118 Å². The van der Waals surface area contributed by atoms with Crippen LogP contribution in [-0.2, 0) is 60.7 Å². The van der Waals surface area contributed by atoms with E-state index < -0.39 is 108 Å². The third-order valence-electron chi connectivity index (χ3n) is 14.6.